The molecule has 8 aliphatic rings. The van der Waals surface area contributed by atoms with Gasteiger partial charge in [0.25, 0.3) is 0 Å². The van der Waals surface area contributed by atoms with Crippen LogP contribution in [0.3, 0.4) is 0 Å². The summed E-state index contributed by atoms with van der Waals surface area (Å²) in [5.41, 5.74) is -1.47. The Kier molecular flexibility index (Phi) is 18.1. The monoisotopic (exact) mass is 1080 g/mol. The highest BCUT2D eigenvalue weighted by Crippen LogP contribution is 2.76. The fourth-order valence-electron chi connectivity index (χ4n) is 16.1. The summed E-state index contributed by atoms with van der Waals surface area (Å²) >= 11 is 0. The first-order valence-corrected chi connectivity index (χ1v) is 27.3. The molecule has 22 heteroatoms. The molecule has 14 N–H and O–H groups in total. The van der Waals surface area contributed by atoms with E-state index in [9.17, 15) is 71.5 Å². The van der Waals surface area contributed by atoms with E-state index in [1.807, 2.05) is 20.8 Å². The van der Waals surface area contributed by atoms with Crippen LogP contribution in [0, 0.1) is 45.3 Å². The van der Waals surface area contributed by atoms with Gasteiger partial charge in [-0.25, -0.2) is 0 Å². The lowest BCUT2D eigenvalue weighted by atomic mass is 9.35. The van der Waals surface area contributed by atoms with Crippen LogP contribution in [0.2, 0.25) is 0 Å². The van der Waals surface area contributed by atoms with Crippen LogP contribution in [0.15, 0.2) is 11.6 Å². The molecule has 4 heterocycles. The van der Waals surface area contributed by atoms with Crippen LogP contribution in [0.25, 0.3) is 0 Å². The molecular formula is C53H90O22. The van der Waals surface area contributed by atoms with Crippen molar-refractivity contribution in [3.05, 3.63) is 11.6 Å². The second-order valence-electron chi connectivity index (χ2n) is 25.3. The van der Waals surface area contributed by atoms with Gasteiger partial charge in [-0.15, -0.1) is 0 Å². The first-order valence-electron chi connectivity index (χ1n) is 27.3. The molecule has 0 spiro atoms. The predicted octanol–water partition coefficient (Wildman–Crippen LogP) is -1.56. The van der Waals surface area contributed by atoms with Crippen LogP contribution in [0.4, 0.5) is 0 Å². The lowest BCUT2D eigenvalue weighted by Gasteiger charge is -2.71. The summed E-state index contributed by atoms with van der Waals surface area (Å²) in [6.45, 7) is 14.9. The van der Waals surface area contributed by atoms with Crippen LogP contribution in [0.1, 0.15) is 113 Å². The topological polar surface area (TPSA) is 357 Å². The summed E-state index contributed by atoms with van der Waals surface area (Å²) in [6, 6.07) is 0. The molecule has 8 rings (SSSR count). The van der Waals surface area contributed by atoms with E-state index in [1.165, 1.54) is 0 Å². The van der Waals surface area contributed by atoms with Crippen molar-refractivity contribution < 1.29 is 109 Å². The summed E-state index contributed by atoms with van der Waals surface area (Å²) < 4.78 is 48.9. The summed E-state index contributed by atoms with van der Waals surface area (Å²) in [5, 5.41) is 151. The van der Waals surface area contributed by atoms with Crippen LogP contribution < -0.4 is 0 Å². The van der Waals surface area contributed by atoms with Crippen LogP contribution >= 0.6 is 0 Å². The first kappa shape index (κ1) is 60.0. The second kappa shape index (κ2) is 22.7. The van der Waals surface area contributed by atoms with E-state index in [0.29, 0.717) is 38.5 Å². The van der Waals surface area contributed by atoms with E-state index in [4.69, 9.17) is 37.9 Å². The van der Waals surface area contributed by atoms with Gasteiger partial charge in [0, 0.05) is 0 Å². The summed E-state index contributed by atoms with van der Waals surface area (Å²) in [4.78, 5) is 0. The highest BCUT2D eigenvalue weighted by atomic mass is 16.8. The number of rotatable bonds is 16. The van der Waals surface area contributed by atoms with Gasteiger partial charge in [-0.05, 0) is 124 Å². The van der Waals surface area contributed by atoms with Crippen LogP contribution in [0.5, 0.6) is 0 Å². The third kappa shape index (κ3) is 10.5. The number of hydrogen-bond acceptors (Lipinski definition) is 22. The average Bonchev–Trinajstić information content (AvgIpc) is 3.89. The number of aliphatic hydroxyl groups is 14. The maximum atomic E-state index is 12.8. The Bertz CT molecular complexity index is 1940. The van der Waals surface area contributed by atoms with Gasteiger partial charge in [-0.2, -0.15) is 0 Å². The summed E-state index contributed by atoms with van der Waals surface area (Å²) in [5.74, 6) is -0.394. The number of ether oxygens (including phenoxy) is 8. The Morgan fingerprint density at radius 3 is 1.69 bits per heavy atom. The zero-order valence-electron chi connectivity index (χ0n) is 44.7. The van der Waals surface area contributed by atoms with E-state index in [-0.39, 0.29) is 34.5 Å². The quantitative estimate of drug-likeness (QED) is 0.0614. The Labute approximate surface area is 439 Å². The fourth-order valence-corrected chi connectivity index (χ4v) is 16.1. The van der Waals surface area contributed by atoms with Gasteiger partial charge in [-0.1, -0.05) is 46.3 Å². The van der Waals surface area contributed by atoms with Gasteiger partial charge in [0.1, 0.15) is 91.6 Å². The van der Waals surface area contributed by atoms with Crippen LogP contribution in [-0.4, -0.2) is 232 Å². The van der Waals surface area contributed by atoms with Crippen molar-refractivity contribution in [1.29, 1.82) is 0 Å². The predicted molar refractivity (Wildman–Crippen MR) is 260 cm³/mol. The molecule has 0 aromatic heterocycles. The molecule has 0 aromatic rings. The zero-order valence-corrected chi connectivity index (χ0v) is 44.7. The second-order valence-corrected chi connectivity index (χ2v) is 25.3. The van der Waals surface area contributed by atoms with Crippen LogP contribution in [-0.2, 0) is 37.9 Å². The molecule has 434 valence electrons. The Balaban J connectivity index is 1.01. The molecule has 4 saturated carbocycles. The minimum absolute atomic E-state index is 0.0508. The Hall–Kier alpha value is -1.14. The largest absolute Gasteiger partial charge is 0.394 e. The number of allylic oxidation sites excluding steroid dienone is 2. The minimum atomic E-state index is -1.81. The Morgan fingerprint density at radius 2 is 1.08 bits per heavy atom. The molecule has 0 aromatic carbocycles. The highest BCUT2D eigenvalue weighted by molar-refractivity contribution is 5.20. The first-order chi connectivity index (χ1) is 35.1. The smallest absolute Gasteiger partial charge is 0.187 e. The third-order valence-corrected chi connectivity index (χ3v) is 20.5. The molecule has 4 aliphatic carbocycles. The van der Waals surface area contributed by atoms with Gasteiger partial charge in [-0.3, -0.25) is 0 Å². The van der Waals surface area contributed by atoms with Crippen molar-refractivity contribution in [3.63, 3.8) is 0 Å². The van der Waals surface area contributed by atoms with E-state index >= 15 is 0 Å². The van der Waals surface area contributed by atoms with Gasteiger partial charge >= 0.3 is 0 Å². The molecule has 1 unspecified atom stereocenters. The van der Waals surface area contributed by atoms with Crippen molar-refractivity contribution in [2.24, 2.45) is 45.3 Å². The van der Waals surface area contributed by atoms with Gasteiger partial charge in [0.15, 0.2) is 25.2 Å². The lowest BCUT2D eigenvalue weighted by Crippen LogP contribution is -2.68. The van der Waals surface area contributed by atoms with Gasteiger partial charge < -0.3 is 109 Å². The number of fused-ring (bicyclic) bond motifs is 5. The molecule has 4 aliphatic heterocycles. The van der Waals surface area contributed by atoms with Gasteiger partial charge in [0.2, 0.25) is 0 Å². The fraction of sp³-hybridized carbons (Fsp3) is 0.962. The summed E-state index contributed by atoms with van der Waals surface area (Å²) in [6.07, 6.45) is -22.1. The normalized spacial score (nSPS) is 52.6. The molecule has 4 saturated heterocycles. The Morgan fingerprint density at radius 1 is 0.560 bits per heavy atom. The van der Waals surface area contributed by atoms with E-state index < -0.39 is 172 Å². The van der Waals surface area contributed by atoms with Crippen molar-refractivity contribution in [3.8, 4) is 0 Å². The van der Waals surface area contributed by atoms with Crippen molar-refractivity contribution >= 4 is 0 Å². The molecule has 0 radical (unpaired) electrons. The molecule has 75 heavy (non-hydrogen) atoms. The van der Waals surface area contributed by atoms with E-state index in [2.05, 4.69) is 40.7 Å². The number of hydrogen-bond donors (Lipinski definition) is 14. The third-order valence-electron chi connectivity index (χ3n) is 20.5. The highest BCUT2D eigenvalue weighted by Gasteiger charge is 2.72. The van der Waals surface area contributed by atoms with Crippen molar-refractivity contribution in [2.45, 2.75) is 248 Å². The van der Waals surface area contributed by atoms with Crippen molar-refractivity contribution in [2.75, 3.05) is 26.4 Å². The molecule has 0 amide bonds. The van der Waals surface area contributed by atoms with E-state index in [1.54, 1.807) is 0 Å². The SMILES string of the molecule is CC(C)=CCC[C@](C)(O[C@@H]1O[C@H](CO[C@@H]2O[C@@H](CO)[C@H](O)[C@H]2O)[C@@H](O)[C@H](O)[C@H]1O)[C@H]1CC[C@]2(C)[C@@H]1[C@H](O)C[C@@H]1[C@@]3(C)CC[C@H](O[C@@H]4O[C@H](CO)[C@@H](O)[C@H](O)[C@H]4O[C@@H]4O[C@H](CO)[C@@H](O)[C@H](O)[C@H]4O)C(C)(C)C3CC[C@]12C. The lowest BCUT2D eigenvalue weighted by molar-refractivity contribution is -0.378. The maximum absolute atomic E-state index is 12.8. The molecule has 29 atom stereocenters. The minimum Gasteiger partial charge on any atom is -0.394 e. The molecule has 0 bridgehead atoms. The summed E-state index contributed by atoms with van der Waals surface area (Å²) in [7, 11) is 0. The molecule has 22 nitrogen and oxygen atoms in total. The number of aliphatic hydroxyl groups excluding tert-OH is 14. The maximum Gasteiger partial charge on any atom is 0.187 e. The molecule has 8 fully saturated rings. The van der Waals surface area contributed by atoms with Crippen molar-refractivity contribution in [1.82, 2.24) is 0 Å². The van der Waals surface area contributed by atoms with Gasteiger partial charge in [0.05, 0.1) is 44.2 Å². The van der Waals surface area contributed by atoms with E-state index in [0.717, 1.165) is 24.8 Å². The molecular weight excluding hydrogens is 989 g/mol. The average molecular weight is 1080 g/mol. The zero-order chi connectivity index (χ0) is 55.1. The standard InChI is InChI=1S/C53H90O22/c1-23(2)10-9-14-53(8,75-47-43(67)39(63)37(61)29(72-47)22-68-45-41(65)36(60)28(21-56)69-45)24-11-16-52(7)33(24)25(57)18-31-50(5)15-13-32(49(3,4)30(50)12-17-51(31,52)6)73-48-44(40(64)35(59)27(20-55)71-48)74-46-42(66)38(62)34(58)26(19-54)70-46/h10,24-48,54-67H,9,11-22H2,1-8H3/t24-,25+,26+,27+,28-,29+,30?,31+,32-,33-,34+,35+,36-,37+,38-,39-,40-,41+,42+,43+,44+,45+,46-,47-,48-,50-,51+,52+,53-/m0/s1.